The van der Waals surface area contributed by atoms with E-state index in [9.17, 15) is 9.90 Å². The van der Waals surface area contributed by atoms with Gasteiger partial charge in [-0.15, -0.1) is 0 Å². The van der Waals surface area contributed by atoms with Crippen LogP contribution in [0, 0.1) is 6.92 Å². The molecule has 1 atom stereocenters. The number of amides is 1. The number of likely N-dealkylation sites (tertiary alicyclic amines) is 1. The molecule has 5 heterocycles. The molecule has 5 aromatic rings. The second-order valence-corrected chi connectivity index (χ2v) is 8.78. The predicted octanol–water partition coefficient (Wildman–Crippen LogP) is 4.08. The number of carbonyl (C=O) groups is 1. The van der Waals surface area contributed by atoms with Crippen LogP contribution < -0.4 is 15.4 Å². The van der Waals surface area contributed by atoms with Crippen LogP contribution in [0.25, 0.3) is 16.7 Å². The second kappa shape index (κ2) is 9.22. The number of aromatic nitrogens is 6. The fraction of sp³-hybridized carbons (Fsp3) is 0.200. The molecule has 12 heteroatoms. The van der Waals surface area contributed by atoms with Crippen LogP contribution in [0.15, 0.2) is 61.3 Å². The molecular weight excluding hydrogens is 474 g/mol. The first-order chi connectivity index (χ1) is 18.0. The van der Waals surface area contributed by atoms with Crippen molar-refractivity contribution < 1.29 is 14.6 Å². The Balaban J connectivity index is 1.20. The summed E-state index contributed by atoms with van der Waals surface area (Å²) in [7, 11) is 0. The summed E-state index contributed by atoms with van der Waals surface area (Å²) in [4.78, 5) is 30.3. The van der Waals surface area contributed by atoms with E-state index in [-0.39, 0.29) is 6.04 Å². The summed E-state index contributed by atoms with van der Waals surface area (Å²) in [5.41, 5.74) is 3.77. The van der Waals surface area contributed by atoms with Gasteiger partial charge in [0.2, 0.25) is 0 Å². The van der Waals surface area contributed by atoms with Gasteiger partial charge in [0.25, 0.3) is 0 Å². The van der Waals surface area contributed by atoms with Crippen molar-refractivity contribution in [1.29, 1.82) is 0 Å². The Labute approximate surface area is 211 Å². The highest BCUT2D eigenvalue weighted by molar-refractivity contribution is 5.88. The molecule has 1 fully saturated rings. The third kappa shape index (κ3) is 4.63. The molecule has 1 aliphatic heterocycles. The number of hydrogen-bond acceptors (Lipinski definition) is 9. The van der Waals surface area contributed by atoms with Gasteiger partial charge in [0.15, 0.2) is 11.5 Å². The number of hydrogen-bond donors (Lipinski definition) is 3. The lowest BCUT2D eigenvalue weighted by Gasteiger charge is -2.15. The molecule has 0 radical (unpaired) electrons. The molecular formula is C25H23N9O3. The van der Waals surface area contributed by atoms with Gasteiger partial charge >= 0.3 is 6.09 Å². The lowest BCUT2D eigenvalue weighted by atomic mass is 10.2. The van der Waals surface area contributed by atoms with Crippen LogP contribution in [-0.4, -0.2) is 64.8 Å². The molecule has 12 nitrogen and oxygen atoms in total. The van der Waals surface area contributed by atoms with E-state index in [1.807, 2.05) is 49.4 Å². The fourth-order valence-corrected chi connectivity index (χ4v) is 4.34. The summed E-state index contributed by atoms with van der Waals surface area (Å²) in [6.45, 7) is 2.90. The monoisotopic (exact) mass is 497 g/mol. The highest BCUT2D eigenvalue weighted by Crippen LogP contribution is 2.30. The molecule has 4 aromatic heterocycles. The van der Waals surface area contributed by atoms with Gasteiger partial charge in [-0.25, -0.2) is 29.2 Å². The van der Waals surface area contributed by atoms with Gasteiger partial charge in [-0.05, 0) is 55.3 Å². The largest absolute Gasteiger partial charge is 0.465 e. The van der Waals surface area contributed by atoms with E-state index in [1.54, 1.807) is 10.7 Å². The molecule has 37 heavy (non-hydrogen) atoms. The highest BCUT2D eigenvalue weighted by atomic mass is 16.5. The number of aryl methyl sites for hydroxylation is 1. The zero-order valence-electron chi connectivity index (χ0n) is 19.9. The third-order valence-electron chi connectivity index (χ3n) is 6.21. The SMILES string of the molecule is Cc1cc(Nc2ncnc3ccc(N[C@@H]4CCN(C(=O)O)C4)nc23)ccc1Oc1ccn2ncnc2c1. The average Bonchev–Trinajstić information content (AvgIpc) is 3.55. The molecule has 3 N–H and O–H groups in total. The van der Waals surface area contributed by atoms with Crippen LogP contribution in [0.5, 0.6) is 11.5 Å². The van der Waals surface area contributed by atoms with Crippen LogP contribution in [0.4, 0.5) is 22.1 Å². The lowest BCUT2D eigenvalue weighted by molar-refractivity contribution is 0.155. The summed E-state index contributed by atoms with van der Waals surface area (Å²) in [6, 6.07) is 13.2. The summed E-state index contributed by atoms with van der Waals surface area (Å²) in [5.74, 6) is 2.60. The van der Waals surface area contributed by atoms with Crippen LogP contribution >= 0.6 is 0 Å². The number of fused-ring (bicyclic) bond motifs is 2. The van der Waals surface area contributed by atoms with E-state index in [1.165, 1.54) is 17.6 Å². The van der Waals surface area contributed by atoms with Crippen molar-refractivity contribution in [3.63, 3.8) is 0 Å². The number of rotatable bonds is 6. The van der Waals surface area contributed by atoms with Crippen LogP contribution in [0.1, 0.15) is 12.0 Å². The Morgan fingerprint density at radius 1 is 1.11 bits per heavy atom. The van der Waals surface area contributed by atoms with Gasteiger partial charge < -0.3 is 25.4 Å². The normalized spacial score (nSPS) is 15.3. The molecule has 1 aliphatic rings. The smallest absolute Gasteiger partial charge is 0.407 e. The number of carboxylic acid groups (broad SMARTS) is 1. The first-order valence-corrected chi connectivity index (χ1v) is 11.7. The van der Waals surface area contributed by atoms with Crippen LogP contribution in [0.2, 0.25) is 0 Å². The van der Waals surface area contributed by atoms with E-state index < -0.39 is 6.09 Å². The number of nitrogens with zero attached hydrogens (tertiary/aromatic N) is 7. The fourth-order valence-electron chi connectivity index (χ4n) is 4.34. The van der Waals surface area contributed by atoms with Crippen molar-refractivity contribution in [3.05, 3.63) is 66.9 Å². The van der Waals surface area contributed by atoms with E-state index in [4.69, 9.17) is 9.72 Å². The lowest BCUT2D eigenvalue weighted by Crippen LogP contribution is -2.30. The number of anilines is 3. The number of pyridine rings is 2. The quantitative estimate of drug-likeness (QED) is 0.314. The molecule has 186 valence electrons. The maximum atomic E-state index is 11.2. The average molecular weight is 498 g/mol. The molecule has 6 rings (SSSR count). The summed E-state index contributed by atoms with van der Waals surface area (Å²) >= 11 is 0. The molecule has 0 saturated carbocycles. The molecule has 0 unspecified atom stereocenters. The zero-order valence-corrected chi connectivity index (χ0v) is 19.9. The maximum absolute atomic E-state index is 11.2. The van der Waals surface area contributed by atoms with Crippen molar-refractivity contribution in [1.82, 2.24) is 34.4 Å². The molecule has 1 aromatic carbocycles. The highest BCUT2D eigenvalue weighted by Gasteiger charge is 2.26. The van der Waals surface area contributed by atoms with Gasteiger partial charge in [0.05, 0.1) is 5.52 Å². The van der Waals surface area contributed by atoms with Crippen molar-refractivity contribution in [3.8, 4) is 11.5 Å². The first-order valence-electron chi connectivity index (χ1n) is 11.7. The van der Waals surface area contributed by atoms with Crippen molar-refractivity contribution in [2.75, 3.05) is 23.7 Å². The molecule has 1 saturated heterocycles. The standard InChI is InChI=1S/C25H23N9O3/c1-15-10-16(2-4-20(15)37-18-7-9-34-22(11-18)27-14-29-34)31-24-23-19(26-13-28-24)3-5-21(32-23)30-17-6-8-33(12-17)25(35)36/h2-5,7,9-11,13-14,17H,6,8,12H2,1H3,(H,30,32)(H,35,36)(H,26,28,31)/t17-/m1/s1. The second-order valence-electron chi connectivity index (χ2n) is 8.78. The number of benzene rings is 1. The molecule has 1 amide bonds. The van der Waals surface area contributed by atoms with E-state index >= 15 is 0 Å². The first kappa shape index (κ1) is 22.5. The minimum Gasteiger partial charge on any atom is -0.465 e. The van der Waals surface area contributed by atoms with E-state index in [0.717, 1.165) is 23.4 Å². The summed E-state index contributed by atoms with van der Waals surface area (Å²) < 4.78 is 7.74. The Morgan fingerprint density at radius 3 is 2.86 bits per heavy atom. The van der Waals surface area contributed by atoms with Gasteiger partial charge in [0, 0.05) is 37.1 Å². The number of ether oxygens (including phenoxy) is 1. The molecule has 0 aliphatic carbocycles. The number of nitrogens with one attached hydrogen (secondary N) is 2. The summed E-state index contributed by atoms with van der Waals surface area (Å²) in [6.07, 6.45) is 4.61. The van der Waals surface area contributed by atoms with Gasteiger partial charge in [0.1, 0.15) is 35.5 Å². The predicted molar refractivity (Wildman–Crippen MR) is 136 cm³/mol. The van der Waals surface area contributed by atoms with Crippen LogP contribution in [0.3, 0.4) is 0 Å². The van der Waals surface area contributed by atoms with Gasteiger partial charge in [-0.1, -0.05) is 0 Å². The van der Waals surface area contributed by atoms with Crippen LogP contribution in [-0.2, 0) is 0 Å². The molecule has 0 spiro atoms. The van der Waals surface area contributed by atoms with E-state index in [2.05, 4.69) is 30.7 Å². The van der Waals surface area contributed by atoms with Crippen molar-refractivity contribution in [2.24, 2.45) is 0 Å². The van der Waals surface area contributed by atoms with Crippen molar-refractivity contribution >= 4 is 40.1 Å². The topological polar surface area (TPSA) is 143 Å². The van der Waals surface area contributed by atoms with Gasteiger partial charge in [-0.3, -0.25) is 0 Å². The minimum absolute atomic E-state index is 0.00254. The maximum Gasteiger partial charge on any atom is 0.407 e. The van der Waals surface area contributed by atoms with E-state index in [0.29, 0.717) is 47.2 Å². The molecule has 0 bridgehead atoms. The zero-order chi connectivity index (χ0) is 25.4. The minimum atomic E-state index is -0.904. The Hall–Kier alpha value is -5.00. The van der Waals surface area contributed by atoms with Crippen molar-refractivity contribution in [2.45, 2.75) is 19.4 Å². The Kier molecular flexibility index (Phi) is 5.60. The Bertz CT molecular complexity index is 1620. The van der Waals surface area contributed by atoms with Gasteiger partial charge in [-0.2, -0.15) is 5.10 Å². The Morgan fingerprint density at radius 2 is 2.03 bits per heavy atom. The summed E-state index contributed by atoms with van der Waals surface area (Å²) in [5, 5.41) is 20.0. The third-order valence-corrected chi connectivity index (χ3v) is 6.21.